The Morgan fingerprint density at radius 1 is 1.17 bits per heavy atom. The Morgan fingerprint density at radius 2 is 1.96 bits per heavy atom. The molecule has 114 valence electrons. The Morgan fingerprint density at radius 3 is 2.74 bits per heavy atom. The van der Waals surface area contributed by atoms with Crippen molar-refractivity contribution in [2.24, 2.45) is 0 Å². The van der Waals surface area contributed by atoms with E-state index in [2.05, 4.69) is 15.3 Å². The molecule has 1 aliphatic rings. The number of carbonyl (C=O) groups excluding carboxylic acids is 1. The molecule has 1 amide bonds. The van der Waals surface area contributed by atoms with E-state index in [1.165, 1.54) is 0 Å². The van der Waals surface area contributed by atoms with Crippen molar-refractivity contribution in [1.82, 2.24) is 9.97 Å². The molecule has 5 nitrogen and oxygen atoms in total. The van der Waals surface area contributed by atoms with Crippen LogP contribution in [0.4, 0.5) is 5.69 Å². The van der Waals surface area contributed by atoms with Crippen molar-refractivity contribution in [2.45, 2.75) is 19.3 Å². The number of hydrogen-bond donors (Lipinski definition) is 1. The second kappa shape index (κ2) is 4.78. The number of anilines is 1. The minimum absolute atomic E-state index is 0.00189. The lowest BCUT2D eigenvalue weighted by molar-refractivity contribution is -0.119. The van der Waals surface area contributed by atoms with Gasteiger partial charge in [0, 0.05) is 30.2 Å². The molecule has 0 atom stereocenters. The fraction of sp³-hybridized carbons (Fsp3) is 0.167. The number of hydrogen-bond acceptors (Lipinski definition) is 4. The van der Waals surface area contributed by atoms with Crippen LogP contribution < -0.4 is 5.32 Å². The van der Waals surface area contributed by atoms with E-state index in [1.54, 1.807) is 12.4 Å². The molecule has 1 N–H and O–H groups in total. The molecule has 5 heteroatoms. The van der Waals surface area contributed by atoms with Crippen LogP contribution in [0.15, 0.2) is 41.1 Å². The summed E-state index contributed by atoms with van der Waals surface area (Å²) in [7, 11) is 0. The molecule has 0 saturated carbocycles. The maximum atomic E-state index is 12.0. The van der Waals surface area contributed by atoms with E-state index in [4.69, 9.17) is 4.42 Å². The van der Waals surface area contributed by atoms with Crippen molar-refractivity contribution in [1.29, 1.82) is 0 Å². The molecular formula is C18H15N3O2. The Kier molecular flexibility index (Phi) is 2.84. The number of amides is 1. The zero-order chi connectivity index (χ0) is 16.0. The van der Waals surface area contributed by atoms with Gasteiger partial charge in [0.25, 0.3) is 0 Å². The first-order valence-corrected chi connectivity index (χ1v) is 7.39. The molecule has 3 aromatic rings. The number of nitrogens with zero attached hydrogens (tertiary/aromatic N) is 2. The second-order valence-electron chi connectivity index (χ2n) is 6.11. The summed E-state index contributed by atoms with van der Waals surface area (Å²) in [5, 5.41) is 2.90. The van der Waals surface area contributed by atoms with Gasteiger partial charge in [0.2, 0.25) is 11.8 Å². The first-order valence-electron chi connectivity index (χ1n) is 7.39. The monoisotopic (exact) mass is 305 g/mol. The Balaban J connectivity index is 1.73. The maximum absolute atomic E-state index is 12.0. The fourth-order valence-electron chi connectivity index (χ4n) is 2.73. The summed E-state index contributed by atoms with van der Waals surface area (Å²) in [6, 6.07) is 7.58. The van der Waals surface area contributed by atoms with Crippen molar-refractivity contribution in [3.63, 3.8) is 0 Å². The normalized spacial score (nSPS) is 16.0. The highest BCUT2D eigenvalue weighted by Gasteiger charge is 2.38. The lowest BCUT2D eigenvalue weighted by atomic mass is 9.86. The van der Waals surface area contributed by atoms with Gasteiger partial charge in [0.1, 0.15) is 5.52 Å². The van der Waals surface area contributed by atoms with Gasteiger partial charge >= 0.3 is 0 Å². The molecule has 2 aromatic heterocycles. The molecule has 3 heterocycles. The lowest BCUT2D eigenvalue weighted by Gasteiger charge is -2.14. The van der Waals surface area contributed by atoms with Crippen LogP contribution in [0.25, 0.3) is 23.3 Å². The summed E-state index contributed by atoms with van der Waals surface area (Å²) < 4.78 is 5.75. The zero-order valence-electron chi connectivity index (χ0n) is 12.8. The third kappa shape index (κ3) is 2.21. The highest BCUT2D eigenvalue weighted by atomic mass is 16.3. The average molecular weight is 305 g/mol. The molecule has 0 aliphatic carbocycles. The number of rotatable bonds is 2. The summed E-state index contributed by atoms with van der Waals surface area (Å²) in [5.74, 6) is 0.530. The van der Waals surface area contributed by atoms with Gasteiger partial charge in [0.15, 0.2) is 5.58 Å². The number of fused-ring (bicyclic) bond motifs is 2. The van der Waals surface area contributed by atoms with Gasteiger partial charge in [-0.3, -0.25) is 9.78 Å². The van der Waals surface area contributed by atoms with Crippen molar-refractivity contribution >= 4 is 34.8 Å². The van der Waals surface area contributed by atoms with Gasteiger partial charge in [-0.2, -0.15) is 0 Å². The van der Waals surface area contributed by atoms with Crippen LogP contribution in [0.2, 0.25) is 0 Å². The first-order chi connectivity index (χ1) is 11.0. The SMILES string of the molecule is CC1(C)C(=O)Nc2cc3oc(/C=C/c4ccncc4)nc3cc21. The van der Waals surface area contributed by atoms with Gasteiger partial charge in [-0.15, -0.1) is 0 Å². The number of benzene rings is 1. The van der Waals surface area contributed by atoms with Crippen molar-refractivity contribution < 1.29 is 9.21 Å². The van der Waals surface area contributed by atoms with E-state index in [0.29, 0.717) is 11.5 Å². The summed E-state index contributed by atoms with van der Waals surface area (Å²) in [4.78, 5) is 20.5. The molecule has 4 rings (SSSR count). The first kappa shape index (κ1) is 13.7. The number of aromatic nitrogens is 2. The Bertz CT molecular complexity index is 940. The Hall–Kier alpha value is -2.95. The van der Waals surface area contributed by atoms with Crippen LogP contribution in [-0.4, -0.2) is 15.9 Å². The van der Waals surface area contributed by atoms with E-state index in [-0.39, 0.29) is 5.91 Å². The van der Waals surface area contributed by atoms with Crippen LogP contribution in [0.3, 0.4) is 0 Å². The average Bonchev–Trinajstić information content (AvgIpc) is 3.03. The van der Waals surface area contributed by atoms with E-state index < -0.39 is 5.41 Å². The van der Waals surface area contributed by atoms with E-state index >= 15 is 0 Å². The number of pyridine rings is 1. The molecule has 0 spiro atoms. The highest BCUT2D eigenvalue weighted by Crippen LogP contribution is 2.39. The summed E-state index contributed by atoms with van der Waals surface area (Å²) >= 11 is 0. The quantitative estimate of drug-likeness (QED) is 0.785. The summed E-state index contributed by atoms with van der Waals surface area (Å²) in [5.41, 5.74) is 3.65. The topological polar surface area (TPSA) is 68.0 Å². The van der Waals surface area contributed by atoms with E-state index in [0.717, 1.165) is 22.3 Å². The third-order valence-electron chi connectivity index (χ3n) is 4.16. The van der Waals surface area contributed by atoms with Gasteiger partial charge in [-0.25, -0.2) is 4.98 Å². The van der Waals surface area contributed by atoms with E-state index in [1.807, 2.05) is 50.3 Å². The van der Waals surface area contributed by atoms with Crippen LogP contribution in [0.5, 0.6) is 0 Å². The van der Waals surface area contributed by atoms with Gasteiger partial charge in [-0.1, -0.05) is 0 Å². The summed E-state index contributed by atoms with van der Waals surface area (Å²) in [6.45, 7) is 3.81. The number of carbonyl (C=O) groups is 1. The predicted octanol–water partition coefficient (Wildman–Crippen LogP) is 3.62. The standard InChI is InChI=1S/C18H15N3O2/c1-18(2)12-9-14-15(10-13(12)21-17(18)22)23-16(20-14)4-3-11-5-7-19-8-6-11/h3-10H,1-2H3,(H,21,22)/b4-3+. The largest absolute Gasteiger partial charge is 0.437 e. The highest BCUT2D eigenvalue weighted by molar-refractivity contribution is 6.07. The Labute approximate surface area is 133 Å². The number of nitrogens with one attached hydrogen (secondary N) is 1. The predicted molar refractivity (Wildman–Crippen MR) is 88.8 cm³/mol. The summed E-state index contributed by atoms with van der Waals surface area (Å²) in [6.07, 6.45) is 7.22. The van der Waals surface area contributed by atoms with Crippen molar-refractivity contribution in [2.75, 3.05) is 5.32 Å². The minimum atomic E-state index is -0.546. The molecule has 1 aromatic carbocycles. The van der Waals surface area contributed by atoms with Crippen LogP contribution in [0.1, 0.15) is 30.9 Å². The minimum Gasteiger partial charge on any atom is -0.437 e. The second-order valence-corrected chi connectivity index (χ2v) is 6.11. The smallest absolute Gasteiger partial charge is 0.234 e. The van der Waals surface area contributed by atoms with Gasteiger partial charge in [-0.05, 0) is 49.2 Å². The fourth-order valence-corrected chi connectivity index (χ4v) is 2.73. The maximum Gasteiger partial charge on any atom is 0.234 e. The number of oxazole rings is 1. The molecule has 1 aliphatic heterocycles. The van der Waals surface area contributed by atoms with Gasteiger partial charge in [0.05, 0.1) is 5.41 Å². The third-order valence-corrected chi connectivity index (χ3v) is 4.16. The van der Waals surface area contributed by atoms with Crippen molar-refractivity contribution in [3.8, 4) is 0 Å². The van der Waals surface area contributed by atoms with Gasteiger partial charge < -0.3 is 9.73 Å². The molecule has 23 heavy (non-hydrogen) atoms. The van der Waals surface area contributed by atoms with Crippen LogP contribution in [-0.2, 0) is 10.2 Å². The lowest BCUT2D eigenvalue weighted by Crippen LogP contribution is -2.26. The molecule has 0 unspecified atom stereocenters. The zero-order valence-corrected chi connectivity index (χ0v) is 12.8. The molecule has 0 saturated heterocycles. The molecular weight excluding hydrogens is 290 g/mol. The van der Waals surface area contributed by atoms with Crippen molar-refractivity contribution in [3.05, 3.63) is 53.7 Å². The van der Waals surface area contributed by atoms with Crippen LogP contribution >= 0.6 is 0 Å². The molecule has 0 bridgehead atoms. The van der Waals surface area contributed by atoms with E-state index in [9.17, 15) is 4.79 Å². The molecule has 0 radical (unpaired) electrons. The van der Waals surface area contributed by atoms with Crippen LogP contribution in [0, 0.1) is 0 Å². The molecule has 0 fully saturated rings.